The van der Waals surface area contributed by atoms with Crippen molar-refractivity contribution in [1.82, 2.24) is 4.90 Å². The Morgan fingerprint density at radius 3 is 1.93 bits per heavy atom. The van der Waals surface area contributed by atoms with E-state index in [9.17, 15) is 14.1 Å². The fraction of sp³-hybridized carbons (Fsp3) is 0.833. The number of nitrogens with zero attached hydrogens (tertiary/aromatic N) is 1. The predicted octanol–water partition coefficient (Wildman–Crippen LogP) is 5.24. The highest BCUT2D eigenvalue weighted by molar-refractivity contribution is 7.92. The maximum Gasteiger partial charge on any atom is 0.286 e. The second-order valence-corrected chi connectivity index (χ2v) is 10.1. The number of hydrogen-bond donors (Lipinski definition) is 1. The lowest BCUT2D eigenvalue weighted by Crippen LogP contribution is -2.33. The molecule has 0 radical (unpaired) electrons. The average Bonchev–Trinajstić information content (AvgIpc) is 3.01. The lowest BCUT2D eigenvalue weighted by molar-refractivity contribution is -0.135. The van der Waals surface area contributed by atoms with Crippen LogP contribution in [0.4, 0.5) is 0 Å². The Hall–Kier alpha value is -0.850. The zero-order valence-corrected chi connectivity index (χ0v) is 19.8. The molecule has 1 rings (SSSR count). The summed E-state index contributed by atoms with van der Waals surface area (Å²) >= 11 is -1.48. The van der Waals surface area contributed by atoms with Crippen LogP contribution in [0.1, 0.15) is 110 Å². The minimum absolute atomic E-state index is 0.0192. The van der Waals surface area contributed by atoms with Crippen molar-refractivity contribution in [2.24, 2.45) is 0 Å². The Balaban J connectivity index is 1.97. The first-order valence-electron chi connectivity index (χ1n) is 12.1. The zero-order valence-electron chi connectivity index (χ0n) is 19.0. The molecule has 1 heterocycles. The summed E-state index contributed by atoms with van der Waals surface area (Å²) < 4.78 is 11.9. The zero-order chi connectivity index (χ0) is 22.0. The SMILES string of the molecule is CCCCCCCCCCCCCCCCC=CN1C(=O)CC([S+]([O-])CCO)C1=O. The lowest BCUT2D eigenvalue weighted by atomic mass is 10.0. The molecule has 2 unspecified atom stereocenters. The van der Waals surface area contributed by atoms with Gasteiger partial charge in [-0.05, 0) is 24.0 Å². The van der Waals surface area contributed by atoms with Gasteiger partial charge in [0, 0.05) is 6.20 Å². The molecule has 2 atom stereocenters. The van der Waals surface area contributed by atoms with Crippen LogP contribution < -0.4 is 0 Å². The van der Waals surface area contributed by atoms with E-state index >= 15 is 0 Å². The smallest absolute Gasteiger partial charge is 0.286 e. The van der Waals surface area contributed by atoms with Gasteiger partial charge in [-0.15, -0.1) is 0 Å². The van der Waals surface area contributed by atoms with Gasteiger partial charge in [0.25, 0.3) is 5.91 Å². The summed E-state index contributed by atoms with van der Waals surface area (Å²) in [7, 11) is 0. The maximum atomic E-state index is 12.2. The van der Waals surface area contributed by atoms with E-state index in [1.165, 1.54) is 83.5 Å². The number of hydrogen-bond acceptors (Lipinski definition) is 4. The summed E-state index contributed by atoms with van der Waals surface area (Å²) in [5.74, 6) is -0.655. The van der Waals surface area contributed by atoms with Crippen LogP contribution in [0.5, 0.6) is 0 Å². The van der Waals surface area contributed by atoms with E-state index < -0.39 is 22.3 Å². The number of carbonyl (C=O) groups is 2. The minimum atomic E-state index is -1.48. The Morgan fingerprint density at radius 2 is 1.43 bits per heavy atom. The van der Waals surface area contributed by atoms with Crippen LogP contribution in [0.15, 0.2) is 12.3 Å². The molecule has 1 N–H and O–H groups in total. The number of carbonyl (C=O) groups excluding carboxylic acids is 2. The molecule has 1 aliphatic rings. The molecule has 0 aromatic carbocycles. The summed E-state index contributed by atoms with van der Waals surface area (Å²) in [6, 6.07) is 0. The van der Waals surface area contributed by atoms with Gasteiger partial charge in [0.2, 0.25) is 11.2 Å². The van der Waals surface area contributed by atoms with Crippen molar-refractivity contribution < 1.29 is 19.2 Å². The molecule has 174 valence electrons. The van der Waals surface area contributed by atoms with Gasteiger partial charge in [-0.25, -0.2) is 0 Å². The second-order valence-electron chi connectivity index (χ2n) is 8.37. The number of aliphatic hydroxyl groups is 1. The molecule has 1 fully saturated rings. The van der Waals surface area contributed by atoms with Gasteiger partial charge in [-0.2, -0.15) is 0 Å². The Morgan fingerprint density at radius 1 is 0.933 bits per heavy atom. The van der Waals surface area contributed by atoms with Crippen molar-refractivity contribution in [3.8, 4) is 0 Å². The molecule has 1 saturated heterocycles. The number of amides is 2. The minimum Gasteiger partial charge on any atom is -0.616 e. The number of allylic oxidation sites excluding steroid dienone is 1. The third-order valence-electron chi connectivity index (χ3n) is 5.73. The molecule has 0 aromatic rings. The van der Waals surface area contributed by atoms with Gasteiger partial charge in [0.1, 0.15) is 5.75 Å². The fourth-order valence-corrected chi connectivity index (χ4v) is 4.98. The maximum absolute atomic E-state index is 12.2. The Bertz CT molecular complexity index is 498. The quantitative estimate of drug-likeness (QED) is 0.169. The van der Waals surface area contributed by atoms with E-state index in [2.05, 4.69) is 6.92 Å². The number of likely N-dealkylation sites (tertiary alicyclic amines) is 1. The molecule has 2 amide bonds. The summed E-state index contributed by atoms with van der Waals surface area (Å²) in [4.78, 5) is 25.3. The van der Waals surface area contributed by atoms with Crippen LogP contribution in [0.3, 0.4) is 0 Å². The number of imide groups is 1. The second kappa shape index (κ2) is 17.8. The van der Waals surface area contributed by atoms with E-state index in [0.29, 0.717) is 0 Å². The Labute approximate surface area is 186 Å². The highest BCUT2D eigenvalue weighted by Crippen LogP contribution is 2.21. The van der Waals surface area contributed by atoms with Crippen LogP contribution in [-0.4, -0.2) is 44.0 Å². The largest absolute Gasteiger partial charge is 0.616 e. The summed E-state index contributed by atoms with van der Waals surface area (Å²) in [5.41, 5.74) is 0. The summed E-state index contributed by atoms with van der Waals surface area (Å²) in [6.45, 7) is 2.02. The summed E-state index contributed by atoms with van der Waals surface area (Å²) in [5, 5.41) is 8.06. The molecule has 6 heteroatoms. The van der Waals surface area contributed by atoms with Crippen molar-refractivity contribution in [1.29, 1.82) is 0 Å². The normalized spacial score (nSPS) is 18.1. The van der Waals surface area contributed by atoms with Crippen LogP contribution >= 0.6 is 0 Å². The third kappa shape index (κ3) is 11.5. The van der Waals surface area contributed by atoms with Crippen molar-refractivity contribution in [2.75, 3.05) is 12.4 Å². The number of rotatable bonds is 19. The van der Waals surface area contributed by atoms with Crippen molar-refractivity contribution in [3.05, 3.63) is 12.3 Å². The highest BCUT2D eigenvalue weighted by Gasteiger charge is 2.44. The van der Waals surface area contributed by atoms with Crippen LogP contribution in [0.2, 0.25) is 0 Å². The molecule has 0 bridgehead atoms. The molecular weight excluding hydrogens is 398 g/mol. The van der Waals surface area contributed by atoms with Crippen LogP contribution in [0, 0.1) is 0 Å². The molecule has 0 aliphatic carbocycles. The van der Waals surface area contributed by atoms with Crippen molar-refractivity contribution >= 4 is 23.0 Å². The van der Waals surface area contributed by atoms with E-state index in [-0.39, 0.29) is 24.7 Å². The number of aliphatic hydroxyl groups excluding tert-OH is 1. The fourth-order valence-electron chi connectivity index (χ4n) is 3.85. The standard InChI is InChI=1S/C24H43NO4S/c1-2-3-4-5-6-7-8-9-10-11-12-13-14-15-16-17-18-25-23(27)21-22(24(25)28)30(29)20-19-26/h17-18,22,26H,2-16,19-21H2,1H3. The van der Waals surface area contributed by atoms with Gasteiger partial charge in [-0.3, -0.25) is 14.5 Å². The van der Waals surface area contributed by atoms with Crippen LogP contribution in [-0.2, 0) is 20.8 Å². The van der Waals surface area contributed by atoms with Gasteiger partial charge in [0.15, 0.2) is 0 Å². The molecule has 0 spiro atoms. The molecular formula is C24H43NO4S. The van der Waals surface area contributed by atoms with E-state index in [1.54, 1.807) is 6.20 Å². The third-order valence-corrected chi connectivity index (χ3v) is 7.32. The van der Waals surface area contributed by atoms with Crippen LogP contribution in [0.25, 0.3) is 0 Å². The van der Waals surface area contributed by atoms with E-state index in [1.807, 2.05) is 6.08 Å². The highest BCUT2D eigenvalue weighted by atomic mass is 32.2. The van der Waals surface area contributed by atoms with Gasteiger partial charge in [-0.1, -0.05) is 96.5 Å². The Kier molecular flexibility index (Phi) is 16.1. The van der Waals surface area contributed by atoms with Gasteiger partial charge >= 0.3 is 0 Å². The van der Waals surface area contributed by atoms with Crippen molar-refractivity contribution in [2.45, 2.75) is 115 Å². The molecule has 30 heavy (non-hydrogen) atoms. The van der Waals surface area contributed by atoms with Crippen molar-refractivity contribution in [3.63, 3.8) is 0 Å². The topological polar surface area (TPSA) is 80.7 Å². The first kappa shape index (κ1) is 27.2. The monoisotopic (exact) mass is 441 g/mol. The average molecular weight is 442 g/mol. The van der Waals surface area contributed by atoms with Gasteiger partial charge in [0.05, 0.1) is 13.0 Å². The van der Waals surface area contributed by atoms with Gasteiger partial charge < -0.3 is 9.66 Å². The first-order chi connectivity index (χ1) is 14.6. The summed E-state index contributed by atoms with van der Waals surface area (Å²) in [6.07, 6.45) is 22.8. The van der Waals surface area contributed by atoms with E-state index in [0.717, 1.165) is 17.7 Å². The first-order valence-corrected chi connectivity index (χ1v) is 13.5. The van der Waals surface area contributed by atoms with E-state index in [4.69, 9.17) is 5.11 Å². The molecule has 5 nitrogen and oxygen atoms in total. The molecule has 0 aromatic heterocycles. The predicted molar refractivity (Wildman–Crippen MR) is 124 cm³/mol. The molecule has 1 aliphatic heterocycles. The lowest BCUT2D eigenvalue weighted by Gasteiger charge is -2.14. The molecule has 0 saturated carbocycles. The number of unbranched alkanes of at least 4 members (excludes halogenated alkanes) is 14.